The fourth-order valence-electron chi connectivity index (χ4n) is 1.24. The van der Waals surface area contributed by atoms with Crippen LogP contribution in [0.4, 0.5) is 0 Å². The molecular weight excluding hydrogens is 315 g/mol. The smallest absolute Gasteiger partial charge is 0.194 e. The van der Waals surface area contributed by atoms with E-state index in [1.165, 1.54) is 13.9 Å². The first-order chi connectivity index (χ1) is 6.19. The molecule has 0 amide bonds. The van der Waals surface area contributed by atoms with Gasteiger partial charge in [-0.25, -0.2) is 0 Å². The van der Waals surface area contributed by atoms with Crippen LogP contribution in [0.3, 0.4) is 0 Å². The van der Waals surface area contributed by atoms with Crippen LogP contribution in [-0.2, 0) is 10.2 Å². The number of rotatable bonds is 5. The number of nitrogens with zero attached hydrogens (tertiary/aromatic N) is 2. The molecule has 86 valence electrons. The maximum Gasteiger partial charge on any atom is 0.290 e. The topological polar surface area (TPSA) is 40.6 Å². The molecule has 0 aromatic heterocycles. The van der Waals surface area contributed by atoms with E-state index < -0.39 is 10.2 Å². The van der Waals surface area contributed by atoms with Crippen LogP contribution in [0.25, 0.3) is 0 Å². The van der Waals surface area contributed by atoms with Crippen LogP contribution < -0.4 is 0 Å². The summed E-state index contributed by atoms with van der Waals surface area (Å²) in [5.74, 6) is 0.502. The summed E-state index contributed by atoms with van der Waals surface area (Å²) in [5.41, 5.74) is 0. The van der Waals surface area contributed by atoms with Gasteiger partial charge in [0.1, 0.15) is 0 Å². The Balaban J connectivity index is 4.54. The molecule has 1 atom stereocenters. The molecule has 1 unspecified atom stereocenters. The Kier molecular flexibility index (Phi) is 5.86. The predicted octanol–water partition coefficient (Wildman–Crippen LogP) is 1.88. The molecule has 0 bridgehead atoms. The SMILES string of the molecule is CC(C)CC(C)N(C)S(=O)(=O)N(C)I. The van der Waals surface area contributed by atoms with Gasteiger partial charge in [0.05, 0.1) is 0 Å². The molecule has 0 aliphatic carbocycles. The van der Waals surface area contributed by atoms with Crippen molar-refractivity contribution in [1.82, 2.24) is 6.82 Å². The zero-order chi connectivity index (χ0) is 11.5. The average Bonchev–Trinajstić information content (AvgIpc) is 2.01. The van der Waals surface area contributed by atoms with Crippen molar-refractivity contribution in [1.29, 1.82) is 0 Å². The minimum absolute atomic E-state index is 0.0391. The van der Waals surface area contributed by atoms with E-state index in [9.17, 15) is 8.42 Å². The van der Waals surface area contributed by atoms with Crippen molar-refractivity contribution >= 4 is 33.1 Å². The normalized spacial score (nSPS) is 15.5. The lowest BCUT2D eigenvalue weighted by Crippen LogP contribution is -2.40. The van der Waals surface area contributed by atoms with Crippen molar-refractivity contribution in [3.63, 3.8) is 0 Å². The molecule has 0 saturated carbocycles. The Hall–Kier alpha value is 0.600. The molecule has 0 aromatic rings. The van der Waals surface area contributed by atoms with E-state index >= 15 is 0 Å². The highest BCUT2D eigenvalue weighted by Crippen LogP contribution is 2.16. The average molecular weight is 334 g/mol. The predicted molar refractivity (Wildman–Crippen MR) is 67.4 cm³/mol. The van der Waals surface area contributed by atoms with Gasteiger partial charge in [-0.2, -0.15) is 12.7 Å². The third-order valence-electron chi connectivity index (χ3n) is 2.12. The van der Waals surface area contributed by atoms with Crippen molar-refractivity contribution in [3.8, 4) is 0 Å². The molecule has 0 N–H and O–H groups in total. The monoisotopic (exact) mass is 334 g/mol. The van der Waals surface area contributed by atoms with Crippen LogP contribution in [0.2, 0.25) is 0 Å². The first-order valence-electron chi connectivity index (χ1n) is 4.57. The molecule has 0 saturated heterocycles. The molecule has 0 rings (SSSR count). The first kappa shape index (κ1) is 14.6. The van der Waals surface area contributed by atoms with E-state index in [2.05, 4.69) is 13.8 Å². The van der Waals surface area contributed by atoms with E-state index in [0.717, 1.165) is 6.42 Å². The molecule has 0 spiro atoms. The highest BCUT2D eigenvalue weighted by molar-refractivity contribution is 14.1. The summed E-state index contributed by atoms with van der Waals surface area (Å²) < 4.78 is 26.0. The third kappa shape index (κ3) is 4.00. The van der Waals surface area contributed by atoms with Crippen molar-refractivity contribution in [2.24, 2.45) is 5.92 Å². The Morgan fingerprint density at radius 2 is 1.64 bits per heavy atom. The van der Waals surface area contributed by atoms with E-state index in [1.807, 2.05) is 6.92 Å². The van der Waals surface area contributed by atoms with Gasteiger partial charge in [-0.3, -0.25) is 0 Å². The van der Waals surface area contributed by atoms with Gasteiger partial charge in [0.25, 0.3) is 10.2 Å². The van der Waals surface area contributed by atoms with Crippen LogP contribution in [0.5, 0.6) is 0 Å². The van der Waals surface area contributed by atoms with E-state index in [-0.39, 0.29) is 6.04 Å². The van der Waals surface area contributed by atoms with Gasteiger partial charge in [-0.05, 0) is 19.3 Å². The van der Waals surface area contributed by atoms with Crippen LogP contribution in [0, 0.1) is 5.92 Å². The van der Waals surface area contributed by atoms with Gasteiger partial charge in [0, 0.05) is 43.0 Å². The van der Waals surface area contributed by atoms with Gasteiger partial charge in [-0.15, -0.1) is 2.52 Å². The highest BCUT2D eigenvalue weighted by atomic mass is 127. The lowest BCUT2D eigenvalue weighted by atomic mass is 10.1. The number of hydrogen-bond acceptors (Lipinski definition) is 2. The molecule has 0 heterocycles. The largest absolute Gasteiger partial charge is 0.290 e. The molecule has 14 heavy (non-hydrogen) atoms. The Bertz CT molecular complexity index is 265. The first-order valence-corrected chi connectivity index (χ1v) is 6.93. The standard InChI is InChI=1S/C8H19IN2O2S/c1-7(2)6-8(3)10(4)14(12,13)11(5)9/h7-8H,6H2,1-5H3. The zero-order valence-corrected chi connectivity index (χ0v) is 12.3. The highest BCUT2D eigenvalue weighted by Gasteiger charge is 2.26. The molecule has 0 fully saturated rings. The summed E-state index contributed by atoms with van der Waals surface area (Å²) >= 11 is 1.77. The van der Waals surface area contributed by atoms with E-state index in [0.29, 0.717) is 5.92 Å². The van der Waals surface area contributed by atoms with Crippen LogP contribution in [0.15, 0.2) is 0 Å². The second kappa shape index (κ2) is 5.62. The van der Waals surface area contributed by atoms with Crippen molar-refractivity contribution in [3.05, 3.63) is 0 Å². The van der Waals surface area contributed by atoms with Crippen molar-refractivity contribution in [2.45, 2.75) is 33.2 Å². The summed E-state index contributed by atoms with van der Waals surface area (Å²) in [5, 5.41) is 0. The number of hydrogen-bond donors (Lipinski definition) is 0. The minimum Gasteiger partial charge on any atom is -0.194 e. The van der Waals surface area contributed by atoms with E-state index in [1.54, 1.807) is 29.9 Å². The quantitative estimate of drug-likeness (QED) is 0.569. The Labute approximate surface area is 101 Å². The molecule has 6 heteroatoms. The lowest BCUT2D eigenvalue weighted by Gasteiger charge is -2.27. The van der Waals surface area contributed by atoms with Crippen molar-refractivity contribution < 1.29 is 8.42 Å². The van der Waals surface area contributed by atoms with Gasteiger partial charge < -0.3 is 0 Å². The zero-order valence-electron chi connectivity index (χ0n) is 9.36. The second-order valence-electron chi connectivity index (χ2n) is 3.89. The van der Waals surface area contributed by atoms with Gasteiger partial charge in [0.15, 0.2) is 0 Å². The minimum atomic E-state index is -3.27. The fourth-order valence-corrected chi connectivity index (χ4v) is 2.96. The lowest BCUT2D eigenvalue weighted by molar-refractivity contribution is 0.329. The van der Waals surface area contributed by atoms with Gasteiger partial charge in [-0.1, -0.05) is 13.8 Å². The molecule has 0 aliphatic heterocycles. The van der Waals surface area contributed by atoms with Gasteiger partial charge in [0.2, 0.25) is 0 Å². The molecule has 0 aliphatic rings. The fraction of sp³-hybridized carbons (Fsp3) is 1.00. The molecular formula is C8H19IN2O2S. The van der Waals surface area contributed by atoms with Crippen LogP contribution in [0.1, 0.15) is 27.2 Å². The molecule has 0 aromatic carbocycles. The summed E-state index contributed by atoms with van der Waals surface area (Å²) in [7, 11) is -0.110. The van der Waals surface area contributed by atoms with E-state index in [4.69, 9.17) is 0 Å². The van der Waals surface area contributed by atoms with Gasteiger partial charge >= 0.3 is 0 Å². The summed E-state index contributed by atoms with van der Waals surface area (Å²) in [4.78, 5) is 0. The maximum absolute atomic E-state index is 11.7. The second-order valence-corrected chi connectivity index (χ2v) is 8.01. The Morgan fingerprint density at radius 3 is 1.93 bits per heavy atom. The van der Waals surface area contributed by atoms with Crippen LogP contribution >= 0.6 is 22.9 Å². The maximum atomic E-state index is 11.7. The number of halogens is 1. The summed E-state index contributed by atoms with van der Waals surface area (Å²) in [6, 6.07) is 0.0391. The van der Waals surface area contributed by atoms with Crippen molar-refractivity contribution in [2.75, 3.05) is 14.1 Å². The summed E-state index contributed by atoms with van der Waals surface area (Å²) in [6.45, 7) is 6.10. The third-order valence-corrected chi connectivity index (χ3v) is 5.33. The summed E-state index contributed by atoms with van der Waals surface area (Å²) in [6.07, 6.45) is 0.875. The molecule has 4 nitrogen and oxygen atoms in total. The molecule has 0 radical (unpaired) electrons. The van der Waals surface area contributed by atoms with Crippen LogP contribution in [-0.4, -0.2) is 35.4 Å². The Morgan fingerprint density at radius 1 is 1.21 bits per heavy atom.